The number of carbonyl (C=O) groups is 3. The van der Waals surface area contributed by atoms with E-state index in [4.69, 9.17) is 4.74 Å². The van der Waals surface area contributed by atoms with Crippen molar-refractivity contribution >= 4 is 17.5 Å². The van der Waals surface area contributed by atoms with Crippen LogP contribution in [-0.4, -0.2) is 51.7 Å². The third-order valence-electron chi connectivity index (χ3n) is 8.62. The summed E-state index contributed by atoms with van der Waals surface area (Å²) in [6.45, 7) is 4.13. The molecule has 30 heavy (non-hydrogen) atoms. The molecule has 7 atom stereocenters. The molecule has 2 N–H and O–H groups in total. The maximum absolute atomic E-state index is 16.9. The number of hydrogen-bond donors (Lipinski definition) is 2. The number of aliphatic hydroxyl groups excluding tert-OH is 1. The van der Waals surface area contributed by atoms with Crippen LogP contribution in [0, 0.1) is 22.7 Å². The molecule has 4 aliphatic rings. The molecule has 4 aliphatic carbocycles. The summed E-state index contributed by atoms with van der Waals surface area (Å²) in [7, 11) is 0. The summed E-state index contributed by atoms with van der Waals surface area (Å²) < 4.78 is 21.7. The van der Waals surface area contributed by atoms with Crippen LogP contribution in [0.4, 0.5) is 4.39 Å². The topological polar surface area (TPSA) is 101 Å². The Morgan fingerprint density at radius 2 is 2.00 bits per heavy atom. The van der Waals surface area contributed by atoms with Gasteiger partial charge in [0, 0.05) is 30.1 Å². The predicted octanol–water partition coefficient (Wildman–Crippen LogP) is 2.22. The maximum Gasteiger partial charge on any atom is 0.303 e. The number of allylic oxidation sites excluding steroid dienone is 4. The second-order valence-electron chi connectivity index (χ2n) is 9.90. The second-order valence-corrected chi connectivity index (χ2v) is 9.90. The van der Waals surface area contributed by atoms with Gasteiger partial charge in [-0.25, -0.2) is 4.39 Å². The van der Waals surface area contributed by atoms with E-state index in [1.165, 1.54) is 13.0 Å². The Kier molecular flexibility index (Phi) is 4.68. The maximum atomic E-state index is 16.9. The molecule has 0 heterocycles. The number of ketones is 2. The molecule has 0 aliphatic heterocycles. The molecule has 164 valence electrons. The normalized spacial score (nSPS) is 47.1. The van der Waals surface area contributed by atoms with Crippen LogP contribution in [0.25, 0.3) is 0 Å². The van der Waals surface area contributed by atoms with Crippen LogP contribution in [0.5, 0.6) is 0 Å². The van der Waals surface area contributed by atoms with Crippen LogP contribution >= 0.6 is 0 Å². The van der Waals surface area contributed by atoms with Crippen LogP contribution in [0.3, 0.4) is 0 Å². The lowest BCUT2D eigenvalue weighted by Crippen LogP contribution is -2.68. The van der Waals surface area contributed by atoms with Gasteiger partial charge in [0.2, 0.25) is 5.78 Å². The van der Waals surface area contributed by atoms with E-state index in [9.17, 15) is 24.6 Å². The minimum atomic E-state index is -2.00. The summed E-state index contributed by atoms with van der Waals surface area (Å²) in [5.74, 6) is -2.35. The molecular formula is C23H29FO6. The van der Waals surface area contributed by atoms with Gasteiger partial charge in [0.25, 0.3) is 0 Å². The molecule has 2 fully saturated rings. The van der Waals surface area contributed by atoms with Crippen molar-refractivity contribution in [2.45, 2.75) is 70.2 Å². The van der Waals surface area contributed by atoms with E-state index in [2.05, 4.69) is 0 Å². The third-order valence-corrected chi connectivity index (χ3v) is 8.62. The van der Waals surface area contributed by atoms with Crippen LogP contribution in [0.15, 0.2) is 23.8 Å². The summed E-state index contributed by atoms with van der Waals surface area (Å²) in [5.41, 5.74) is -5.27. The molecule has 0 amide bonds. The number of halogens is 1. The minimum absolute atomic E-state index is 0.0457. The lowest BCUT2D eigenvalue weighted by molar-refractivity contribution is -0.210. The molecule has 7 heteroatoms. The van der Waals surface area contributed by atoms with Gasteiger partial charge in [-0.15, -0.1) is 0 Å². The number of esters is 1. The molecule has 0 aromatic carbocycles. The fourth-order valence-electron chi connectivity index (χ4n) is 6.77. The van der Waals surface area contributed by atoms with Gasteiger partial charge in [0.05, 0.1) is 6.10 Å². The van der Waals surface area contributed by atoms with Gasteiger partial charge in [-0.2, -0.15) is 0 Å². The van der Waals surface area contributed by atoms with Crippen molar-refractivity contribution in [3.05, 3.63) is 23.8 Å². The first-order valence-corrected chi connectivity index (χ1v) is 10.6. The average molecular weight is 420 g/mol. The summed E-state index contributed by atoms with van der Waals surface area (Å²) in [5, 5.41) is 22.5. The number of ether oxygens (including phenoxy) is 1. The lowest BCUT2D eigenvalue weighted by Gasteiger charge is -2.61. The standard InChI is InChI=1S/C23H29FO6/c1-13(25)30-12-19(28)22(29)9-7-16-17-5-4-14-10-15(26)6-8-20(14,2)23(17,24)18(27)11-21(16,22)3/h4-5,10,16-18,27,29H,6-9,11-12H2,1-3H3/t16-,17-,18-,20-,21-,22-,23?/m0/s1. The molecule has 4 rings (SSSR count). The fourth-order valence-corrected chi connectivity index (χ4v) is 6.77. The summed E-state index contributed by atoms with van der Waals surface area (Å²) in [6.07, 6.45) is 4.54. The number of aliphatic hydroxyl groups is 2. The Morgan fingerprint density at radius 1 is 1.30 bits per heavy atom. The molecule has 0 spiro atoms. The Hall–Kier alpha value is -1.86. The molecule has 0 aromatic rings. The Morgan fingerprint density at radius 3 is 2.67 bits per heavy atom. The molecular weight excluding hydrogens is 391 g/mol. The number of fused-ring (bicyclic) bond motifs is 5. The Labute approximate surface area is 175 Å². The molecule has 6 nitrogen and oxygen atoms in total. The van der Waals surface area contributed by atoms with Crippen LogP contribution in [-0.2, 0) is 19.1 Å². The highest BCUT2D eigenvalue weighted by Crippen LogP contribution is 2.68. The van der Waals surface area contributed by atoms with E-state index < -0.39 is 52.5 Å². The fraction of sp³-hybridized carbons (Fsp3) is 0.696. The van der Waals surface area contributed by atoms with Crippen LogP contribution in [0.1, 0.15) is 52.9 Å². The largest absolute Gasteiger partial charge is 0.458 e. The van der Waals surface area contributed by atoms with Crippen molar-refractivity contribution in [2.75, 3.05) is 6.61 Å². The number of rotatable bonds is 3. The smallest absolute Gasteiger partial charge is 0.303 e. The molecule has 0 aromatic heterocycles. The van der Waals surface area contributed by atoms with E-state index in [-0.39, 0.29) is 31.0 Å². The zero-order valence-electron chi connectivity index (χ0n) is 17.6. The van der Waals surface area contributed by atoms with Crippen molar-refractivity contribution in [3.63, 3.8) is 0 Å². The van der Waals surface area contributed by atoms with E-state index in [1.54, 1.807) is 26.0 Å². The molecule has 1 unspecified atom stereocenters. The minimum Gasteiger partial charge on any atom is -0.458 e. The zero-order valence-corrected chi connectivity index (χ0v) is 17.6. The first kappa shape index (κ1) is 21.4. The predicted molar refractivity (Wildman–Crippen MR) is 105 cm³/mol. The Balaban J connectivity index is 1.75. The van der Waals surface area contributed by atoms with Gasteiger partial charge in [-0.1, -0.05) is 26.0 Å². The van der Waals surface area contributed by atoms with Gasteiger partial charge >= 0.3 is 5.97 Å². The molecule has 2 saturated carbocycles. The first-order chi connectivity index (χ1) is 13.9. The van der Waals surface area contributed by atoms with Crippen molar-refractivity contribution in [2.24, 2.45) is 22.7 Å². The highest BCUT2D eigenvalue weighted by Gasteiger charge is 2.73. The number of Topliss-reactive ketones (excluding diaryl/α,β-unsaturated/α-hetero) is 1. The van der Waals surface area contributed by atoms with E-state index in [0.29, 0.717) is 18.4 Å². The average Bonchev–Trinajstić information content (AvgIpc) is 2.94. The third kappa shape index (κ3) is 2.51. The van der Waals surface area contributed by atoms with Crippen molar-refractivity contribution in [1.29, 1.82) is 0 Å². The summed E-state index contributed by atoms with van der Waals surface area (Å²) >= 11 is 0. The first-order valence-electron chi connectivity index (χ1n) is 10.6. The van der Waals surface area contributed by atoms with Crippen LogP contribution < -0.4 is 0 Å². The van der Waals surface area contributed by atoms with Crippen molar-refractivity contribution in [1.82, 2.24) is 0 Å². The Bertz CT molecular complexity index is 879. The van der Waals surface area contributed by atoms with Crippen LogP contribution in [0.2, 0.25) is 0 Å². The second kappa shape index (κ2) is 6.57. The van der Waals surface area contributed by atoms with Crippen molar-refractivity contribution in [3.8, 4) is 0 Å². The molecule has 0 bridgehead atoms. The number of carbonyl (C=O) groups excluding carboxylic acids is 3. The van der Waals surface area contributed by atoms with Crippen molar-refractivity contribution < 1.29 is 33.7 Å². The van der Waals surface area contributed by atoms with E-state index in [1.807, 2.05) is 0 Å². The monoisotopic (exact) mass is 420 g/mol. The lowest BCUT2D eigenvalue weighted by atomic mass is 9.45. The summed E-state index contributed by atoms with van der Waals surface area (Å²) in [6, 6.07) is 0. The summed E-state index contributed by atoms with van der Waals surface area (Å²) in [4.78, 5) is 35.9. The number of alkyl halides is 1. The van der Waals surface area contributed by atoms with Gasteiger partial charge in [-0.05, 0) is 43.3 Å². The SMILES string of the molecule is CC(=O)OCC(=O)[C@@]1(O)CC[C@H]2[C@@H]3C=CC4=CC(=O)CC[C@]4(C)C3(F)[C@@H](O)C[C@@]21C. The zero-order chi connectivity index (χ0) is 22.1. The quantitative estimate of drug-likeness (QED) is 0.679. The number of hydrogen-bond acceptors (Lipinski definition) is 6. The van der Waals surface area contributed by atoms with Gasteiger partial charge in [0.1, 0.15) is 5.60 Å². The molecule has 0 radical (unpaired) electrons. The molecule has 0 saturated heterocycles. The van der Waals surface area contributed by atoms with E-state index >= 15 is 4.39 Å². The van der Waals surface area contributed by atoms with Gasteiger partial charge < -0.3 is 14.9 Å². The van der Waals surface area contributed by atoms with Gasteiger partial charge in [-0.3, -0.25) is 14.4 Å². The highest BCUT2D eigenvalue weighted by atomic mass is 19.1. The highest BCUT2D eigenvalue weighted by molar-refractivity contribution is 5.92. The van der Waals surface area contributed by atoms with Gasteiger partial charge in [0.15, 0.2) is 18.1 Å². The van der Waals surface area contributed by atoms with E-state index in [0.717, 1.165) is 0 Å².